The molecule has 1 aliphatic rings. The predicted octanol–water partition coefficient (Wildman–Crippen LogP) is 1.69. The minimum absolute atomic E-state index is 0.000137. The molecule has 2 rings (SSSR count). The van der Waals surface area contributed by atoms with Gasteiger partial charge in [-0.05, 0) is 48.9 Å². The Bertz CT molecular complexity index is 523. The lowest BCUT2D eigenvalue weighted by molar-refractivity contribution is -0.120. The van der Waals surface area contributed by atoms with Crippen LogP contribution in [0.1, 0.15) is 43.5 Å². The Labute approximate surface area is 125 Å². The number of hydrogen-bond acceptors (Lipinski definition) is 3. The highest BCUT2D eigenvalue weighted by atomic mass is 16.2. The van der Waals surface area contributed by atoms with Crippen LogP contribution in [-0.2, 0) is 4.79 Å². The Morgan fingerprint density at radius 3 is 2.52 bits per heavy atom. The summed E-state index contributed by atoms with van der Waals surface area (Å²) in [6.45, 7) is 4.42. The quantitative estimate of drug-likeness (QED) is 0.738. The Morgan fingerprint density at radius 1 is 1.29 bits per heavy atom. The van der Waals surface area contributed by atoms with E-state index in [1.807, 2.05) is 0 Å². The fourth-order valence-corrected chi connectivity index (χ4v) is 2.74. The molecule has 1 aliphatic carbocycles. The molecule has 0 bridgehead atoms. The number of hydrogen-bond donors (Lipinski definition) is 3. The predicted molar refractivity (Wildman–Crippen MR) is 82.8 cm³/mol. The molecule has 0 spiro atoms. The zero-order valence-corrected chi connectivity index (χ0v) is 12.6. The van der Waals surface area contributed by atoms with Gasteiger partial charge in [-0.3, -0.25) is 9.59 Å². The number of carbonyl (C=O) groups is 2. The Morgan fingerprint density at radius 2 is 1.95 bits per heavy atom. The van der Waals surface area contributed by atoms with Gasteiger partial charge in [-0.2, -0.15) is 0 Å². The molecule has 0 heterocycles. The zero-order valence-electron chi connectivity index (χ0n) is 12.6. The van der Waals surface area contributed by atoms with Gasteiger partial charge in [0.25, 0.3) is 5.91 Å². The van der Waals surface area contributed by atoms with Crippen molar-refractivity contribution in [2.45, 2.75) is 39.2 Å². The van der Waals surface area contributed by atoms with E-state index in [4.69, 9.17) is 5.73 Å². The van der Waals surface area contributed by atoms with Gasteiger partial charge in [-0.15, -0.1) is 0 Å². The van der Waals surface area contributed by atoms with Crippen LogP contribution >= 0.6 is 0 Å². The summed E-state index contributed by atoms with van der Waals surface area (Å²) in [5, 5.41) is 5.60. The van der Waals surface area contributed by atoms with E-state index in [0.29, 0.717) is 16.7 Å². The number of carbonyl (C=O) groups excluding carboxylic acids is 2. The molecule has 0 radical (unpaired) electrons. The Kier molecular flexibility index (Phi) is 4.50. The minimum Gasteiger partial charge on any atom is -0.399 e. The van der Waals surface area contributed by atoms with Crippen LogP contribution < -0.4 is 16.4 Å². The van der Waals surface area contributed by atoms with E-state index in [1.54, 1.807) is 24.3 Å². The van der Waals surface area contributed by atoms with Crippen LogP contribution in [0, 0.1) is 5.41 Å². The molecule has 1 fully saturated rings. The molecular formula is C16H23N3O2. The standard InChI is InChI=1S/C16H23N3O2/c1-16(2)8-7-13(9-16)19-14(20)10-18-15(21)11-3-5-12(17)6-4-11/h3-6,13H,7-10,17H2,1-2H3,(H,18,21)(H,19,20). The summed E-state index contributed by atoms with van der Waals surface area (Å²) >= 11 is 0. The number of nitrogen functional groups attached to an aromatic ring is 1. The molecule has 21 heavy (non-hydrogen) atoms. The summed E-state index contributed by atoms with van der Waals surface area (Å²) in [5.41, 5.74) is 6.97. The van der Waals surface area contributed by atoms with Crippen LogP contribution in [-0.4, -0.2) is 24.4 Å². The summed E-state index contributed by atoms with van der Waals surface area (Å²) in [6, 6.07) is 6.83. The molecule has 1 saturated carbocycles. The Hall–Kier alpha value is -2.04. The highest BCUT2D eigenvalue weighted by Crippen LogP contribution is 2.36. The third-order valence-corrected chi connectivity index (χ3v) is 3.92. The van der Waals surface area contributed by atoms with Gasteiger partial charge in [0.05, 0.1) is 6.54 Å². The molecule has 1 atom stereocenters. The van der Waals surface area contributed by atoms with E-state index in [9.17, 15) is 9.59 Å². The molecule has 114 valence electrons. The molecule has 4 N–H and O–H groups in total. The van der Waals surface area contributed by atoms with Gasteiger partial charge in [-0.1, -0.05) is 13.8 Å². The number of rotatable bonds is 4. The highest BCUT2D eigenvalue weighted by Gasteiger charge is 2.31. The van der Waals surface area contributed by atoms with Crippen molar-refractivity contribution in [2.75, 3.05) is 12.3 Å². The summed E-state index contributed by atoms with van der Waals surface area (Å²) in [7, 11) is 0. The molecule has 1 aromatic rings. The first-order chi connectivity index (χ1) is 9.85. The van der Waals surface area contributed by atoms with Crippen LogP contribution in [0.2, 0.25) is 0 Å². The van der Waals surface area contributed by atoms with Gasteiger partial charge >= 0.3 is 0 Å². The summed E-state index contributed by atoms with van der Waals surface area (Å²) in [5.74, 6) is -0.404. The summed E-state index contributed by atoms with van der Waals surface area (Å²) in [6.07, 6.45) is 3.12. The molecule has 0 saturated heterocycles. The number of amides is 2. The second-order valence-corrected chi connectivity index (χ2v) is 6.48. The van der Waals surface area contributed by atoms with Crippen molar-refractivity contribution in [1.82, 2.24) is 10.6 Å². The van der Waals surface area contributed by atoms with E-state index in [2.05, 4.69) is 24.5 Å². The summed E-state index contributed by atoms with van der Waals surface area (Å²) in [4.78, 5) is 23.7. The van der Waals surface area contributed by atoms with Gasteiger partial charge in [-0.25, -0.2) is 0 Å². The monoisotopic (exact) mass is 289 g/mol. The number of nitrogens with one attached hydrogen (secondary N) is 2. The van der Waals surface area contributed by atoms with Crippen molar-refractivity contribution in [2.24, 2.45) is 5.41 Å². The van der Waals surface area contributed by atoms with Crippen molar-refractivity contribution in [1.29, 1.82) is 0 Å². The highest BCUT2D eigenvalue weighted by molar-refractivity contribution is 5.96. The van der Waals surface area contributed by atoms with E-state index < -0.39 is 0 Å². The molecular weight excluding hydrogens is 266 g/mol. The lowest BCUT2D eigenvalue weighted by Crippen LogP contribution is -2.41. The van der Waals surface area contributed by atoms with Crippen LogP contribution in [0.25, 0.3) is 0 Å². The fraction of sp³-hybridized carbons (Fsp3) is 0.500. The number of nitrogens with two attached hydrogens (primary N) is 1. The average molecular weight is 289 g/mol. The molecule has 1 unspecified atom stereocenters. The van der Waals surface area contributed by atoms with Gasteiger partial charge < -0.3 is 16.4 Å². The first-order valence-electron chi connectivity index (χ1n) is 7.29. The third-order valence-electron chi connectivity index (χ3n) is 3.92. The van der Waals surface area contributed by atoms with E-state index in [1.165, 1.54) is 0 Å². The lowest BCUT2D eigenvalue weighted by atomic mass is 9.92. The third kappa shape index (κ3) is 4.48. The van der Waals surface area contributed by atoms with Crippen LogP contribution in [0.3, 0.4) is 0 Å². The molecule has 5 heteroatoms. The maximum Gasteiger partial charge on any atom is 0.251 e. The number of anilines is 1. The summed E-state index contributed by atoms with van der Waals surface area (Å²) < 4.78 is 0. The van der Waals surface area contributed by atoms with Crippen molar-refractivity contribution >= 4 is 17.5 Å². The lowest BCUT2D eigenvalue weighted by Gasteiger charge is -2.18. The molecule has 0 aromatic heterocycles. The van der Waals surface area contributed by atoms with E-state index in [0.717, 1.165) is 19.3 Å². The van der Waals surface area contributed by atoms with Crippen LogP contribution in [0.5, 0.6) is 0 Å². The zero-order chi connectivity index (χ0) is 15.5. The molecule has 0 aliphatic heterocycles. The van der Waals surface area contributed by atoms with E-state index >= 15 is 0 Å². The van der Waals surface area contributed by atoms with Gasteiger partial charge in [0.2, 0.25) is 5.91 Å². The average Bonchev–Trinajstić information content (AvgIpc) is 2.76. The smallest absolute Gasteiger partial charge is 0.251 e. The van der Waals surface area contributed by atoms with Crippen LogP contribution in [0.15, 0.2) is 24.3 Å². The first-order valence-corrected chi connectivity index (χ1v) is 7.29. The molecule has 5 nitrogen and oxygen atoms in total. The van der Waals surface area contributed by atoms with Gasteiger partial charge in [0, 0.05) is 17.3 Å². The molecule has 1 aromatic carbocycles. The van der Waals surface area contributed by atoms with Gasteiger partial charge in [0.15, 0.2) is 0 Å². The normalized spacial score (nSPS) is 20.0. The van der Waals surface area contributed by atoms with Crippen molar-refractivity contribution in [3.8, 4) is 0 Å². The first kappa shape index (κ1) is 15.4. The largest absolute Gasteiger partial charge is 0.399 e. The van der Waals surface area contributed by atoms with E-state index in [-0.39, 0.29) is 24.4 Å². The fourth-order valence-electron chi connectivity index (χ4n) is 2.74. The van der Waals surface area contributed by atoms with Crippen LogP contribution in [0.4, 0.5) is 5.69 Å². The minimum atomic E-state index is -0.267. The molecule has 2 amide bonds. The van der Waals surface area contributed by atoms with Crippen molar-refractivity contribution in [3.05, 3.63) is 29.8 Å². The van der Waals surface area contributed by atoms with Crippen molar-refractivity contribution < 1.29 is 9.59 Å². The Balaban J connectivity index is 1.76. The SMILES string of the molecule is CC1(C)CCC(NC(=O)CNC(=O)c2ccc(N)cc2)C1. The maximum absolute atomic E-state index is 11.9. The number of benzene rings is 1. The second-order valence-electron chi connectivity index (χ2n) is 6.48. The second kappa shape index (κ2) is 6.16. The van der Waals surface area contributed by atoms with Gasteiger partial charge in [0.1, 0.15) is 0 Å². The maximum atomic E-state index is 11.9. The van der Waals surface area contributed by atoms with Crippen molar-refractivity contribution in [3.63, 3.8) is 0 Å². The topological polar surface area (TPSA) is 84.2 Å².